The van der Waals surface area contributed by atoms with Crippen molar-refractivity contribution in [3.63, 3.8) is 0 Å². The fourth-order valence-electron chi connectivity index (χ4n) is 2.08. The summed E-state index contributed by atoms with van der Waals surface area (Å²) < 4.78 is 2.90. The summed E-state index contributed by atoms with van der Waals surface area (Å²) in [5.41, 5.74) is 7.06. The van der Waals surface area contributed by atoms with E-state index in [1.165, 1.54) is 9.13 Å². The van der Waals surface area contributed by atoms with E-state index in [1.54, 1.807) is 44.4 Å². The van der Waals surface area contributed by atoms with Crippen LogP contribution in [0.15, 0.2) is 35.3 Å². The summed E-state index contributed by atoms with van der Waals surface area (Å²) in [4.78, 5) is 23.1. The van der Waals surface area contributed by atoms with Crippen molar-refractivity contribution in [2.24, 2.45) is 12.8 Å². The van der Waals surface area contributed by atoms with Crippen LogP contribution in [-0.2, 0) is 11.8 Å². The molecule has 0 spiro atoms. The number of hydrogen-bond acceptors (Lipinski definition) is 3. The van der Waals surface area contributed by atoms with Gasteiger partial charge in [0.15, 0.2) is 0 Å². The van der Waals surface area contributed by atoms with Crippen LogP contribution in [0.5, 0.6) is 0 Å². The molecule has 2 rings (SSSR count). The molecule has 0 saturated carbocycles. The maximum atomic E-state index is 12.1. The first-order valence-corrected chi connectivity index (χ1v) is 5.76. The third-order valence-corrected chi connectivity index (χ3v) is 3.00. The highest BCUT2D eigenvalue weighted by Gasteiger charge is 2.20. The lowest BCUT2D eigenvalue weighted by Gasteiger charge is -2.14. The van der Waals surface area contributed by atoms with E-state index >= 15 is 0 Å². The van der Waals surface area contributed by atoms with Gasteiger partial charge in [-0.2, -0.15) is 0 Å². The Kier molecular flexibility index (Phi) is 3.26. The van der Waals surface area contributed by atoms with Crippen LogP contribution in [0.3, 0.4) is 0 Å². The molecule has 100 valence electrons. The van der Waals surface area contributed by atoms with Crippen LogP contribution in [0.1, 0.15) is 17.3 Å². The summed E-state index contributed by atoms with van der Waals surface area (Å²) in [6, 6.07) is 5.58. The van der Waals surface area contributed by atoms with Crippen molar-refractivity contribution in [3.8, 4) is 5.69 Å². The lowest BCUT2D eigenvalue weighted by Crippen LogP contribution is -2.26. The van der Waals surface area contributed by atoms with E-state index in [0.29, 0.717) is 11.3 Å². The van der Waals surface area contributed by atoms with Gasteiger partial charge in [0, 0.05) is 24.5 Å². The van der Waals surface area contributed by atoms with E-state index < -0.39 is 12.0 Å². The van der Waals surface area contributed by atoms with Crippen LogP contribution in [-0.4, -0.2) is 20.2 Å². The minimum atomic E-state index is -1.16. The molecule has 0 saturated heterocycles. The highest BCUT2D eigenvalue weighted by Crippen LogP contribution is 2.20. The molecule has 0 aliphatic heterocycles. The van der Waals surface area contributed by atoms with Gasteiger partial charge in [-0.15, -0.1) is 0 Å². The van der Waals surface area contributed by atoms with Gasteiger partial charge in [0.25, 0.3) is 0 Å². The van der Waals surface area contributed by atoms with Crippen molar-refractivity contribution in [2.75, 3.05) is 0 Å². The number of nitrogens with zero attached hydrogens (tertiary/aromatic N) is 2. The van der Waals surface area contributed by atoms with E-state index in [-0.39, 0.29) is 5.69 Å². The lowest BCUT2D eigenvalue weighted by molar-refractivity contribution is -0.138. The van der Waals surface area contributed by atoms with Crippen LogP contribution in [0.25, 0.3) is 5.69 Å². The first kappa shape index (κ1) is 13.1. The smallest absolute Gasteiger partial charge is 0.332 e. The van der Waals surface area contributed by atoms with Crippen LogP contribution in [0.4, 0.5) is 0 Å². The molecule has 0 radical (unpaired) electrons. The summed E-state index contributed by atoms with van der Waals surface area (Å²) in [6.07, 6.45) is 1.69. The van der Waals surface area contributed by atoms with Gasteiger partial charge in [0.2, 0.25) is 0 Å². The Hall–Kier alpha value is -2.34. The van der Waals surface area contributed by atoms with Crippen molar-refractivity contribution in [1.82, 2.24) is 9.13 Å². The molecular formula is C13H15N3O3. The Morgan fingerprint density at radius 3 is 2.53 bits per heavy atom. The van der Waals surface area contributed by atoms with Gasteiger partial charge in [0.1, 0.15) is 6.04 Å². The zero-order valence-corrected chi connectivity index (χ0v) is 10.7. The van der Waals surface area contributed by atoms with E-state index in [4.69, 9.17) is 10.8 Å². The van der Waals surface area contributed by atoms with Crippen molar-refractivity contribution in [2.45, 2.75) is 13.0 Å². The van der Waals surface area contributed by atoms with Gasteiger partial charge in [-0.3, -0.25) is 9.36 Å². The Balaban J connectivity index is 2.70. The highest BCUT2D eigenvalue weighted by atomic mass is 16.4. The topological polar surface area (TPSA) is 90.3 Å². The third-order valence-electron chi connectivity index (χ3n) is 3.00. The highest BCUT2D eigenvalue weighted by molar-refractivity contribution is 5.76. The molecule has 0 fully saturated rings. The SMILES string of the molecule is Cc1cn(C)c(=O)n1-c1ccccc1C(N)C(=O)O. The molecule has 0 amide bonds. The van der Waals surface area contributed by atoms with Gasteiger partial charge in [-0.05, 0) is 13.0 Å². The number of rotatable bonds is 3. The number of aromatic nitrogens is 2. The average Bonchev–Trinajstić information content (AvgIpc) is 2.62. The second kappa shape index (κ2) is 4.74. The fraction of sp³-hybridized carbons (Fsp3) is 0.231. The lowest BCUT2D eigenvalue weighted by atomic mass is 10.1. The summed E-state index contributed by atoms with van der Waals surface area (Å²) in [6.45, 7) is 1.78. The number of carboxylic acids is 1. The van der Waals surface area contributed by atoms with Gasteiger partial charge in [-0.25, -0.2) is 4.79 Å². The molecule has 6 heteroatoms. The Labute approximate surface area is 109 Å². The summed E-state index contributed by atoms with van der Waals surface area (Å²) >= 11 is 0. The zero-order valence-electron chi connectivity index (χ0n) is 10.7. The van der Waals surface area contributed by atoms with Crippen LogP contribution >= 0.6 is 0 Å². The number of benzene rings is 1. The number of aliphatic carboxylic acids is 1. The molecule has 1 heterocycles. The molecule has 1 unspecified atom stereocenters. The Morgan fingerprint density at radius 1 is 1.37 bits per heavy atom. The molecular weight excluding hydrogens is 246 g/mol. The average molecular weight is 261 g/mol. The largest absolute Gasteiger partial charge is 0.480 e. The predicted octanol–water partition coefficient (Wildman–Crippen LogP) is 0.569. The zero-order chi connectivity index (χ0) is 14.2. The second-order valence-corrected chi connectivity index (χ2v) is 4.37. The maximum Gasteiger partial charge on any atom is 0.332 e. The normalized spacial score (nSPS) is 12.4. The maximum absolute atomic E-state index is 12.1. The van der Waals surface area contributed by atoms with Crippen LogP contribution < -0.4 is 11.4 Å². The number of para-hydroxylation sites is 1. The number of nitrogens with two attached hydrogens (primary N) is 1. The Bertz CT molecular complexity index is 685. The molecule has 1 atom stereocenters. The van der Waals surface area contributed by atoms with Crippen molar-refractivity contribution < 1.29 is 9.90 Å². The molecule has 0 aliphatic rings. The summed E-state index contributed by atoms with van der Waals surface area (Å²) in [5.74, 6) is -1.13. The van der Waals surface area contributed by atoms with E-state index in [0.717, 1.165) is 5.69 Å². The monoisotopic (exact) mass is 261 g/mol. The van der Waals surface area contributed by atoms with E-state index in [2.05, 4.69) is 0 Å². The van der Waals surface area contributed by atoms with Gasteiger partial charge in [-0.1, -0.05) is 18.2 Å². The molecule has 0 bridgehead atoms. The Morgan fingerprint density at radius 2 is 2.00 bits per heavy atom. The number of aryl methyl sites for hydroxylation is 2. The summed E-state index contributed by atoms with van der Waals surface area (Å²) in [7, 11) is 1.64. The fourth-order valence-corrected chi connectivity index (χ4v) is 2.08. The molecule has 3 N–H and O–H groups in total. The molecule has 1 aromatic heterocycles. The van der Waals surface area contributed by atoms with Gasteiger partial charge < -0.3 is 15.4 Å². The van der Waals surface area contributed by atoms with Crippen LogP contribution in [0, 0.1) is 6.92 Å². The van der Waals surface area contributed by atoms with Crippen LogP contribution in [0.2, 0.25) is 0 Å². The quantitative estimate of drug-likeness (QED) is 0.845. The number of carbonyl (C=O) groups is 1. The van der Waals surface area contributed by atoms with Gasteiger partial charge >= 0.3 is 11.7 Å². The van der Waals surface area contributed by atoms with Gasteiger partial charge in [0.05, 0.1) is 5.69 Å². The molecule has 0 aliphatic carbocycles. The first-order chi connectivity index (χ1) is 8.93. The first-order valence-electron chi connectivity index (χ1n) is 5.76. The second-order valence-electron chi connectivity index (χ2n) is 4.37. The predicted molar refractivity (Wildman–Crippen MR) is 70.3 cm³/mol. The molecule has 2 aromatic rings. The minimum Gasteiger partial charge on any atom is -0.480 e. The number of hydrogen-bond donors (Lipinski definition) is 2. The third kappa shape index (κ3) is 2.17. The van der Waals surface area contributed by atoms with E-state index in [9.17, 15) is 9.59 Å². The molecule has 1 aromatic carbocycles. The molecule has 19 heavy (non-hydrogen) atoms. The van der Waals surface area contributed by atoms with E-state index in [1.807, 2.05) is 0 Å². The van der Waals surface area contributed by atoms with Crippen molar-refractivity contribution in [1.29, 1.82) is 0 Å². The number of imidazole rings is 1. The minimum absolute atomic E-state index is 0.234. The molecule has 6 nitrogen and oxygen atoms in total. The summed E-state index contributed by atoms with van der Waals surface area (Å²) in [5, 5.41) is 9.03. The van der Waals surface area contributed by atoms with Crippen molar-refractivity contribution in [3.05, 3.63) is 52.2 Å². The van der Waals surface area contributed by atoms with Crippen molar-refractivity contribution >= 4 is 5.97 Å². The number of carboxylic acid groups (broad SMARTS) is 1. The standard InChI is InChI=1S/C13H15N3O3/c1-8-7-15(2)13(19)16(8)10-6-4-3-5-9(10)11(14)12(17)18/h3-7,11H,14H2,1-2H3,(H,17,18).